The van der Waals surface area contributed by atoms with Crippen molar-refractivity contribution in [1.82, 2.24) is 9.78 Å². The van der Waals surface area contributed by atoms with E-state index in [4.69, 9.17) is 0 Å². The summed E-state index contributed by atoms with van der Waals surface area (Å²) in [6.07, 6.45) is 2.53. The molecule has 4 nitrogen and oxygen atoms in total. The molecular weight excluding hydrogens is 168 g/mol. The highest BCUT2D eigenvalue weighted by Gasteiger charge is 2.15. The molecule has 4 heteroatoms. The monoisotopic (exact) mass is 180 g/mol. The van der Waals surface area contributed by atoms with Crippen molar-refractivity contribution >= 4 is 5.97 Å². The summed E-state index contributed by atoms with van der Waals surface area (Å²) in [5.74, 6) is -0.225. The summed E-state index contributed by atoms with van der Waals surface area (Å²) in [4.78, 5) is 10.9. The van der Waals surface area contributed by atoms with E-state index in [9.17, 15) is 4.79 Å². The number of aryl methyl sites for hydroxylation is 2. The predicted octanol–water partition coefficient (Wildman–Crippen LogP) is 0.545. The summed E-state index contributed by atoms with van der Waals surface area (Å²) in [5, 5.41) is 4.29. The largest absolute Gasteiger partial charge is 0.469 e. The topological polar surface area (TPSA) is 44.1 Å². The minimum absolute atomic E-state index is 0.225. The van der Waals surface area contributed by atoms with Gasteiger partial charge < -0.3 is 4.74 Å². The maximum Gasteiger partial charge on any atom is 0.311 e. The average Bonchev–Trinajstić information content (AvgIpc) is 2.63. The SMILES string of the molecule is COC(=O)Cc1cc2n(n1)CCC2. The van der Waals surface area contributed by atoms with E-state index in [0.717, 1.165) is 18.7 Å². The van der Waals surface area contributed by atoms with Gasteiger partial charge >= 0.3 is 5.97 Å². The van der Waals surface area contributed by atoms with E-state index >= 15 is 0 Å². The molecule has 0 aliphatic carbocycles. The molecule has 0 bridgehead atoms. The first-order valence-corrected chi connectivity index (χ1v) is 4.42. The molecule has 0 spiro atoms. The molecule has 0 amide bonds. The predicted molar refractivity (Wildman–Crippen MR) is 46.3 cm³/mol. The smallest absolute Gasteiger partial charge is 0.311 e. The molecule has 1 aliphatic rings. The second kappa shape index (κ2) is 3.20. The number of hydrogen-bond acceptors (Lipinski definition) is 3. The van der Waals surface area contributed by atoms with E-state index < -0.39 is 0 Å². The van der Waals surface area contributed by atoms with Gasteiger partial charge in [-0.3, -0.25) is 9.48 Å². The summed E-state index contributed by atoms with van der Waals surface area (Å²) in [5.41, 5.74) is 2.06. The van der Waals surface area contributed by atoms with Gasteiger partial charge in [-0.15, -0.1) is 0 Å². The van der Waals surface area contributed by atoms with Gasteiger partial charge in [0, 0.05) is 12.2 Å². The van der Waals surface area contributed by atoms with Crippen molar-refractivity contribution in [3.05, 3.63) is 17.5 Å². The molecule has 0 radical (unpaired) electrons. The summed E-state index contributed by atoms with van der Waals surface area (Å²) >= 11 is 0. The summed E-state index contributed by atoms with van der Waals surface area (Å²) in [6, 6.07) is 1.99. The standard InChI is InChI=1S/C9H12N2O2/c1-13-9(12)6-7-5-8-3-2-4-11(8)10-7/h5H,2-4,6H2,1H3. The first-order chi connectivity index (χ1) is 6.29. The van der Waals surface area contributed by atoms with Gasteiger partial charge in [0.05, 0.1) is 19.2 Å². The van der Waals surface area contributed by atoms with Crippen molar-refractivity contribution < 1.29 is 9.53 Å². The Morgan fingerprint density at radius 3 is 3.31 bits per heavy atom. The lowest BCUT2D eigenvalue weighted by molar-refractivity contribution is -0.139. The summed E-state index contributed by atoms with van der Waals surface area (Å²) < 4.78 is 6.54. The molecule has 1 aromatic heterocycles. The van der Waals surface area contributed by atoms with Crippen LogP contribution in [0.25, 0.3) is 0 Å². The van der Waals surface area contributed by atoms with Crippen LogP contribution in [-0.4, -0.2) is 22.9 Å². The van der Waals surface area contributed by atoms with Gasteiger partial charge in [-0.25, -0.2) is 0 Å². The van der Waals surface area contributed by atoms with Crippen LogP contribution in [0.4, 0.5) is 0 Å². The van der Waals surface area contributed by atoms with Gasteiger partial charge in [0.2, 0.25) is 0 Å². The van der Waals surface area contributed by atoms with Crippen molar-refractivity contribution in [1.29, 1.82) is 0 Å². The van der Waals surface area contributed by atoms with Crippen LogP contribution in [0.1, 0.15) is 17.8 Å². The second-order valence-electron chi connectivity index (χ2n) is 3.21. The van der Waals surface area contributed by atoms with Crippen molar-refractivity contribution in [3.63, 3.8) is 0 Å². The molecule has 0 unspecified atom stereocenters. The molecule has 2 rings (SSSR count). The number of aromatic nitrogens is 2. The third-order valence-electron chi connectivity index (χ3n) is 2.27. The van der Waals surface area contributed by atoms with Crippen LogP contribution in [0, 0.1) is 0 Å². The Bertz CT molecular complexity index is 309. The second-order valence-corrected chi connectivity index (χ2v) is 3.21. The van der Waals surface area contributed by atoms with E-state index in [0.29, 0.717) is 0 Å². The molecule has 0 saturated carbocycles. The third kappa shape index (κ3) is 1.56. The van der Waals surface area contributed by atoms with Gasteiger partial charge in [-0.05, 0) is 18.9 Å². The van der Waals surface area contributed by atoms with Gasteiger partial charge in [-0.1, -0.05) is 0 Å². The van der Waals surface area contributed by atoms with Crippen LogP contribution in [0.2, 0.25) is 0 Å². The lowest BCUT2D eigenvalue weighted by atomic mass is 10.2. The molecule has 0 N–H and O–H groups in total. The minimum Gasteiger partial charge on any atom is -0.469 e. The molecular formula is C9H12N2O2. The third-order valence-corrected chi connectivity index (χ3v) is 2.27. The fourth-order valence-corrected chi connectivity index (χ4v) is 1.63. The number of carbonyl (C=O) groups is 1. The lowest BCUT2D eigenvalue weighted by Gasteiger charge is -1.95. The van der Waals surface area contributed by atoms with Crippen LogP contribution in [0.5, 0.6) is 0 Å². The van der Waals surface area contributed by atoms with Crippen LogP contribution in [-0.2, 0) is 28.9 Å². The van der Waals surface area contributed by atoms with Gasteiger partial charge in [-0.2, -0.15) is 5.10 Å². The molecule has 0 saturated heterocycles. The number of carbonyl (C=O) groups excluding carboxylic acids is 1. The Morgan fingerprint density at radius 1 is 1.77 bits per heavy atom. The Balaban J connectivity index is 2.10. The van der Waals surface area contributed by atoms with Gasteiger partial charge in [0.15, 0.2) is 0 Å². The highest BCUT2D eigenvalue weighted by atomic mass is 16.5. The Hall–Kier alpha value is -1.32. The molecule has 2 heterocycles. The van der Waals surface area contributed by atoms with Crippen LogP contribution >= 0.6 is 0 Å². The molecule has 1 aliphatic heterocycles. The maximum absolute atomic E-state index is 10.9. The van der Waals surface area contributed by atoms with Gasteiger partial charge in [0.25, 0.3) is 0 Å². The highest BCUT2D eigenvalue weighted by molar-refractivity contribution is 5.71. The van der Waals surface area contributed by atoms with E-state index in [1.165, 1.54) is 19.2 Å². The zero-order chi connectivity index (χ0) is 9.26. The fourth-order valence-electron chi connectivity index (χ4n) is 1.63. The number of esters is 1. The molecule has 0 atom stereocenters. The molecule has 70 valence electrons. The van der Waals surface area contributed by atoms with E-state index in [1.807, 2.05) is 10.7 Å². The quantitative estimate of drug-likeness (QED) is 0.624. The zero-order valence-corrected chi connectivity index (χ0v) is 7.62. The molecule has 13 heavy (non-hydrogen) atoms. The average molecular weight is 180 g/mol. The minimum atomic E-state index is -0.225. The van der Waals surface area contributed by atoms with Gasteiger partial charge in [0.1, 0.15) is 0 Å². The number of methoxy groups -OCH3 is 1. The number of ether oxygens (including phenoxy) is 1. The maximum atomic E-state index is 10.9. The van der Waals surface area contributed by atoms with E-state index in [2.05, 4.69) is 9.84 Å². The van der Waals surface area contributed by atoms with Crippen molar-refractivity contribution in [2.24, 2.45) is 0 Å². The van der Waals surface area contributed by atoms with E-state index in [-0.39, 0.29) is 12.4 Å². The fraction of sp³-hybridized carbons (Fsp3) is 0.556. The van der Waals surface area contributed by atoms with Crippen molar-refractivity contribution in [2.45, 2.75) is 25.8 Å². The first kappa shape index (κ1) is 8.29. The Labute approximate surface area is 76.5 Å². The normalized spacial score (nSPS) is 14.2. The lowest BCUT2D eigenvalue weighted by Crippen LogP contribution is -2.05. The number of nitrogens with zero attached hydrogens (tertiary/aromatic N) is 2. The highest BCUT2D eigenvalue weighted by Crippen LogP contribution is 2.15. The first-order valence-electron chi connectivity index (χ1n) is 4.42. The number of fused-ring (bicyclic) bond motifs is 1. The Kier molecular flexibility index (Phi) is 2.04. The Morgan fingerprint density at radius 2 is 2.62 bits per heavy atom. The van der Waals surface area contributed by atoms with Crippen LogP contribution in [0.3, 0.4) is 0 Å². The molecule has 0 fully saturated rings. The summed E-state index contributed by atoms with van der Waals surface area (Å²) in [7, 11) is 1.39. The van der Waals surface area contributed by atoms with Crippen LogP contribution < -0.4 is 0 Å². The zero-order valence-electron chi connectivity index (χ0n) is 7.62. The number of rotatable bonds is 2. The van der Waals surface area contributed by atoms with E-state index in [1.54, 1.807) is 0 Å². The van der Waals surface area contributed by atoms with Crippen LogP contribution in [0.15, 0.2) is 6.07 Å². The molecule has 1 aromatic rings. The molecule has 0 aromatic carbocycles. The number of hydrogen-bond donors (Lipinski definition) is 0. The summed E-state index contributed by atoms with van der Waals surface area (Å²) in [6.45, 7) is 0.983. The van der Waals surface area contributed by atoms with Crippen molar-refractivity contribution in [2.75, 3.05) is 7.11 Å². The van der Waals surface area contributed by atoms with Crippen molar-refractivity contribution in [3.8, 4) is 0 Å².